The molecule has 164 valence electrons. The summed E-state index contributed by atoms with van der Waals surface area (Å²) in [5.41, 5.74) is 3.22. The van der Waals surface area contributed by atoms with Crippen LogP contribution in [0.5, 0.6) is 5.75 Å². The smallest absolute Gasteiger partial charge is 0.138 e. The first kappa shape index (κ1) is 21.8. The summed E-state index contributed by atoms with van der Waals surface area (Å²) in [6, 6.07) is 16.1. The van der Waals surface area contributed by atoms with Crippen LogP contribution in [0.4, 0.5) is 0 Å². The molecule has 0 amide bonds. The molecule has 2 heterocycles. The average Bonchev–Trinajstić information content (AvgIpc) is 3.34. The summed E-state index contributed by atoms with van der Waals surface area (Å²) in [7, 11) is 0. The molecule has 0 unspecified atom stereocenters. The van der Waals surface area contributed by atoms with Crippen molar-refractivity contribution in [3.8, 4) is 11.4 Å². The standard InChI is InChI=1S/C23H29N5O2S/c29-21(15-27-9-11-31-12-10-27)16-30-23-8-4-2-6-20(23)14-24-13-19-5-1-3-7-22(19)28-18-25-17-26-28/h1-8,17-18,21,24,29H,9-16H2/t21-/m1/s1. The zero-order valence-corrected chi connectivity index (χ0v) is 18.4. The van der Waals surface area contributed by atoms with Crippen molar-refractivity contribution in [3.05, 3.63) is 72.3 Å². The van der Waals surface area contributed by atoms with Crippen LogP contribution >= 0.6 is 11.8 Å². The molecule has 2 aromatic carbocycles. The van der Waals surface area contributed by atoms with Crippen molar-refractivity contribution in [1.29, 1.82) is 0 Å². The summed E-state index contributed by atoms with van der Waals surface area (Å²) < 4.78 is 7.76. The maximum absolute atomic E-state index is 10.4. The quantitative estimate of drug-likeness (QED) is 0.502. The normalized spacial score (nSPS) is 15.6. The van der Waals surface area contributed by atoms with Gasteiger partial charge in [0.1, 0.15) is 31.1 Å². The summed E-state index contributed by atoms with van der Waals surface area (Å²) in [6.07, 6.45) is 2.76. The zero-order valence-electron chi connectivity index (χ0n) is 17.6. The van der Waals surface area contributed by atoms with Gasteiger partial charge in [-0.3, -0.25) is 4.90 Å². The van der Waals surface area contributed by atoms with Crippen LogP contribution in [0.15, 0.2) is 61.2 Å². The van der Waals surface area contributed by atoms with E-state index in [4.69, 9.17) is 4.74 Å². The van der Waals surface area contributed by atoms with E-state index in [1.54, 1.807) is 11.0 Å². The highest BCUT2D eigenvalue weighted by Gasteiger charge is 2.16. The molecule has 1 atom stereocenters. The van der Waals surface area contributed by atoms with E-state index in [0.717, 1.165) is 47.2 Å². The Morgan fingerprint density at radius 2 is 1.77 bits per heavy atom. The van der Waals surface area contributed by atoms with Gasteiger partial charge in [-0.15, -0.1) is 0 Å². The maximum Gasteiger partial charge on any atom is 0.138 e. The van der Waals surface area contributed by atoms with Gasteiger partial charge in [0.05, 0.1) is 5.69 Å². The molecule has 7 nitrogen and oxygen atoms in total. The molecule has 1 fully saturated rings. The second-order valence-corrected chi connectivity index (χ2v) is 8.78. The Labute approximate surface area is 187 Å². The highest BCUT2D eigenvalue weighted by atomic mass is 32.2. The van der Waals surface area contributed by atoms with Crippen molar-refractivity contribution in [1.82, 2.24) is 25.0 Å². The van der Waals surface area contributed by atoms with Crippen LogP contribution in [0.1, 0.15) is 11.1 Å². The third-order valence-electron chi connectivity index (χ3n) is 5.26. The number of β-amino-alcohol motifs (C(OH)–C–C–N with tert-alkyl or cyclic N) is 1. The minimum Gasteiger partial charge on any atom is -0.491 e. The summed E-state index contributed by atoms with van der Waals surface area (Å²) in [5.74, 6) is 3.09. The van der Waals surface area contributed by atoms with Gasteiger partial charge in [0.15, 0.2) is 0 Å². The summed E-state index contributed by atoms with van der Waals surface area (Å²) >= 11 is 1.97. The van der Waals surface area contributed by atoms with E-state index < -0.39 is 6.10 Å². The number of ether oxygens (including phenoxy) is 1. The van der Waals surface area contributed by atoms with Gasteiger partial charge in [-0.05, 0) is 17.7 Å². The summed E-state index contributed by atoms with van der Waals surface area (Å²) in [6.45, 7) is 4.41. The van der Waals surface area contributed by atoms with E-state index in [-0.39, 0.29) is 0 Å². The van der Waals surface area contributed by atoms with Crippen LogP contribution < -0.4 is 10.1 Å². The Balaban J connectivity index is 1.30. The second kappa shape index (κ2) is 11.3. The van der Waals surface area contributed by atoms with Crippen molar-refractivity contribution >= 4 is 11.8 Å². The van der Waals surface area contributed by atoms with Gasteiger partial charge in [-0.2, -0.15) is 16.9 Å². The lowest BCUT2D eigenvalue weighted by Crippen LogP contribution is -2.40. The number of para-hydroxylation sites is 2. The third-order valence-corrected chi connectivity index (χ3v) is 6.21. The van der Waals surface area contributed by atoms with Crippen molar-refractivity contribution < 1.29 is 9.84 Å². The van der Waals surface area contributed by atoms with E-state index >= 15 is 0 Å². The molecule has 3 aromatic rings. The molecule has 8 heteroatoms. The first-order valence-electron chi connectivity index (χ1n) is 10.6. The van der Waals surface area contributed by atoms with Gasteiger partial charge >= 0.3 is 0 Å². The third kappa shape index (κ3) is 6.30. The van der Waals surface area contributed by atoms with Gasteiger partial charge in [0.2, 0.25) is 0 Å². The molecule has 2 N–H and O–H groups in total. The lowest BCUT2D eigenvalue weighted by Gasteiger charge is -2.28. The van der Waals surface area contributed by atoms with Crippen molar-refractivity contribution in [2.45, 2.75) is 19.2 Å². The van der Waals surface area contributed by atoms with Gasteiger partial charge < -0.3 is 15.2 Å². The van der Waals surface area contributed by atoms with Crippen molar-refractivity contribution in [3.63, 3.8) is 0 Å². The molecule has 0 bridgehead atoms. The molecule has 31 heavy (non-hydrogen) atoms. The number of nitrogens with zero attached hydrogens (tertiary/aromatic N) is 4. The first-order chi connectivity index (χ1) is 15.3. The molecule has 0 spiro atoms. The predicted molar refractivity (Wildman–Crippen MR) is 124 cm³/mol. The van der Waals surface area contributed by atoms with E-state index in [1.807, 2.05) is 48.2 Å². The van der Waals surface area contributed by atoms with E-state index in [9.17, 15) is 5.11 Å². The van der Waals surface area contributed by atoms with E-state index in [1.165, 1.54) is 6.33 Å². The number of hydrogen-bond donors (Lipinski definition) is 2. The maximum atomic E-state index is 10.4. The number of aliphatic hydroxyl groups is 1. The Morgan fingerprint density at radius 3 is 2.58 bits per heavy atom. The van der Waals surface area contributed by atoms with Gasteiger partial charge in [-0.25, -0.2) is 9.67 Å². The summed E-state index contributed by atoms with van der Waals surface area (Å²) in [5, 5.41) is 18.1. The van der Waals surface area contributed by atoms with E-state index in [0.29, 0.717) is 26.2 Å². The fraction of sp³-hybridized carbons (Fsp3) is 0.391. The largest absolute Gasteiger partial charge is 0.491 e. The van der Waals surface area contributed by atoms with Crippen molar-refractivity contribution in [2.24, 2.45) is 0 Å². The molecule has 1 saturated heterocycles. The molecule has 1 aromatic heterocycles. The Bertz CT molecular complexity index is 931. The van der Waals surface area contributed by atoms with Crippen LogP contribution in [-0.4, -0.2) is 68.6 Å². The molecule has 0 radical (unpaired) electrons. The number of aromatic nitrogens is 3. The second-order valence-electron chi connectivity index (χ2n) is 7.56. The fourth-order valence-corrected chi connectivity index (χ4v) is 4.64. The molecule has 1 aliphatic heterocycles. The Morgan fingerprint density at radius 1 is 1.03 bits per heavy atom. The molecule has 4 rings (SSSR count). The minimum atomic E-state index is -0.487. The zero-order chi connectivity index (χ0) is 21.3. The lowest BCUT2D eigenvalue weighted by atomic mass is 10.1. The molecular formula is C23H29N5O2S. The van der Waals surface area contributed by atoms with Crippen LogP contribution in [0.25, 0.3) is 5.69 Å². The lowest BCUT2D eigenvalue weighted by molar-refractivity contribution is 0.0711. The van der Waals surface area contributed by atoms with Crippen LogP contribution in [0.3, 0.4) is 0 Å². The number of rotatable bonds is 10. The fourth-order valence-electron chi connectivity index (χ4n) is 3.66. The number of benzene rings is 2. The topological polar surface area (TPSA) is 75.4 Å². The highest BCUT2D eigenvalue weighted by molar-refractivity contribution is 7.99. The predicted octanol–water partition coefficient (Wildman–Crippen LogP) is 2.35. The summed E-state index contributed by atoms with van der Waals surface area (Å²) in [4.78, 5) is 6.35. The SMILES string of the molecule is O[C@@H](COc1ccccc1CNCc1ccccc1-n1cncn1)CN1CCSCC1. The highest BCUT2D eigenvalue weighted by Crippen LogP contribution is 2.19. The minimum absolute atomic E-state index is 0.301. The van der Waals surface area contributed by atoms with Crippen molar-refractivity contribution in [2.75, 3.05) is 37.7 Å². The van der Waals surface area contributed by atoms with Gasteiger partial charge in [-0.1, -0.05) is 36.4 Å². The number of aliphatic hydroxyl groups excluding tert-OH is 1. The van der Waals surface area contributed by atoms with Crippen LogP contribution in [-0.2, 0) is 13.1 Å². The van der Waals surface area contributed by atoms with Crippen LogP contribution in [0.2, 0.25) is 0 Å². The first-order valence-corrected chi connectivity index (χ1v) is 11.8. The average molecular weight is 440 g/mol. The molecular weight excluding hydrogens is 410 g/mol. The molecule has 0 saturated carbocycles. The molecule has 1 aliphatic rings. The number of nitrogens with one attached hydrogen (secondary N) is 1. The van der Waals surface area contributed by atoms with Gasteiger partial charge in [0.25, 0.3) is 0 Å². The van der Waals surface area contributed by atoms with Gasteiger partial charge in [0, 0.05) is 49.8 Å². The van der Waals surface area contributed by atoms with Crippen LogP contribution in [0, 0.1) is 0 Å². The van der Waals surface area contributed by atoms with E-state index in [2.05, 4.69) is 32.4 Å². The Hall–Kier alpha value is -2.39. The monoisotopic (exact) mass is 439 g/mol. The Kier molecular flexibility index (Phi) is 7.95. The number of thioether (sulfide) groups is 1. The molecule has 0 aliphatic carbocycles. The number of hydrogen-bond acceptors (Lipinski definition) is 7.